The van der Waals surface area contributed by atoms with Gasteiger partial charge in [0.1, 0.15) is 6.17 Å². The fourth-order valence-electron chi connectivity index (χ4n) is 3.90. The van der Waals surface area contributed by atoms with Crippen molar-refractivity contribution in [1.82, 2.24) is 24.7 Å². The molecule has 2 aromatic carbocycles. The number of para-hydroxylation sites is 1. The third kappa shape index (κ3) is 2.69. The Morgan fingerprint density at radius 1 is 1.24 bits per heavy atom. The Balaban J connectivity index is 1.69. The van der Waals surface area contributed by atoms with Gasteiger partial charge in [-0.05, 0) is 47.7 Å². The van der Waals surface area contributed by atoms with Crippen LogP contribution in [0.15, 0.2) is 35.1 Å². The van der Waals surface area contributed by atoms with Gasteiger partial charge in [-0.25, -0.2) is 4.79 Å². The Labute approximate surface area is 170 Å². The summed E-state index contributed by atoms with van der Waals surface area (Å²) in [6.45, 7) is 0.865. The highest BCUT2D eigenvalue weighted by Gasteiger charge is 2.37. The van der Waals surface area contributed by atoms with Crippen molar-refractivity contribution in [1.29, 1.82) is 0 Å². The summed E-state index contributed by atoms with van der Waals surface area (Å²) in [6.07, 6.45) is 0.273. The fraction of sp³-hybridized carbons (Fsp3) is 0.316. The van der Waals surface area contributed by atoms with Crippen LogP contribution in [0.3, 0.4) is 0 Å². The first-order valence-electron chi connectivity index (χ1n) is 9.09. The Kier molecular flexibility index (Phi) is 4.21. The second-order valence-corrected chi connectivity index (χ2v) is 7.30. The molecule has 3 heterocycles. The minimum Gasteiger partial charge on any atom is -0.492 e. The summed E-state index contributed by atoms with van der Waals surface area (Å²) >= 11 is 6.25. The number of fused-ring (bicyclic) bond motifs is 2. The lowest BCUT2D eigenvalue weighted by molar-refractivity contribution is 0.167. The number of ether oxygens (including phenoxy) is 3. The molecule has 5 rings (SSSR count). The van der Waals surface area contributed by atoms with Crippen LogP contribution in [-0.2, 0) is 6.42 Å². The first kappa shape index (κ1) is 18.0. The standard InChI is InChI=1S/C19H18ClN5O4/c1-23-8-7-11-9-14-16(29-10-28-14)17(27-2)15(11)18(23)25-19(26)24(21-22-25)13-6-4-3-5-12(13)20/h3-6,9,18H,7-8,10H2,1-2H3/t18-/m1/s1. The SMILES string of the molecule is COc1c2c(cc3c1[C@@H](n1nnn(-c4ccccc4Cl)c1=O)N(C)CC3)OCO2. The van der Waals surface area contributed by atoms with E-state index in [1.807, 2.05) is 18.0 Å². The normalized spacial score (nSPS) is 18.0. The summed E-state index contributed by atoms with van der Waals surface area (Å²) in [5.74, 6) is 1.74. The third-order valence-electron chi connectivity index (χ3n) is 5.27. The van der Waals surface area contributed by atoms with Crippen molar-refractivity contribution in [2.45, 2.75) is 12.6 Å². The fourth-order valence-corrected chi connectivity index (χ4v) is 4.12. The molecule has 29 heavy (non-hydrogen) atoms. The van der Waals surface area contributed by atoms with Gasteiger partial charge < -0.3 is 14.2 Å². The molecule has 9 nitrogen and oxygen atoms in total. The highest BCUT2D eigenvalue weighted by molar-refractivity contribution is 6.32. The number of hydrogen-bond donors (Lipinski definition) is 0. The second-order valence-electron chi connectivity index (χ2n) is 6.89. The van der Waals surface area contributed by atoms with E-state index < -0.39 is 11.9 Å². The molecule has 10 heteroatoms. The van der Waals surface area contributed by atoms with E-state index in [2.05, 4.69) is 10.4 Å². The highest BCUT2D eigenvalue weighted by Crippen LogP contribution is 2.49. The average Bonchev–Trinajstić information content (AvgIpc) is 3.33. The van der Waals surface area contributed by atoms with E-state index in [4.69, 9.17) is 25.8 Å². The van der Waals surface area contributed by atoms with E-state index in [0.29, 0.717) is 28.0 Å². The van der Waals surface area contributed by atoms with Crippen molar-refractivity contribution in [3.8, 4) is 22.9 Å². The molecule has 0 bridgehead atoms. The van der Waals surface area contributed by atoms with Crippen LogP contribution >= 0.6 is 11.6 Å². The van der Waals surface area contributed by atoms with Crippen molar-refractivity contribution in [3.63, 3.8) is 0 Å². The number of rotatable bonds is 3. The van der Waals surface area contributed by atoms with Crippen LogP contribution in [0.2, 0.25) is 5.02 Å². The van der Waals surface area contributed by atoms with Gasteiger partial charge in [0.15, 0.2) is 11.5 Å². The van der Waals surface area contributed by atoms with E-state index >= 15 is 0 Å². The zero-order valence-corrected chi connectivity index (χ0v) is 16.6. The van der Waals surface area contributed by atoms with Gasteiger partial charge in [-0.1, -0.05) is 23.7 Å². The zero-order chi connectivity index (χ0) is 20.1. The second kappa shape index (κ2) is 6.78. The van der Waals surface area contributed by atoms with E-state index in [9.17, 15) is 4.79 Å². The summed E-state index contributed by atoms with van der Waals surface area (Å²) < 4.78 is 19.4. The number of likely N-dealkylation sites (N-methyl/N-ethyl adjacent to an activating group) is 1. The minimum absolute atomic E-state index is 0.137. The van der Waals surface area contributed by atoms with Gasteiger partial charge in [0.2, 0.25) is 12.5 Å². The molecule has 0 saturated carbocycles. The summed E-state index contributed by atoms with van der Waals surface area (Å²) in [4.78, 5) is 15.3. The molecular weight excluding hydrogens is 398 g/mol. The monoisotopic (exact) mass is 415 g/mol. The zero-order valence-electron chi connectivity index (χ0n) is 15.8. The minimum atomic E-state index is -0.507. The highest BCUT2D eigenvalue weighted by atomic mass is 35.5. The van der Waals surface area contributed by atoms with Gasteiger partial charge in [0, 0.05) is 12.1 Å². The van der Waals surface area contributed by atoms with Gasteiger partial charge in [-0.3, -0.25) is 4.90 Å². The predicted molar refractivity (Wildman–Crippen MR) is 104 cm³/mol. The molecule has 0 amide bonds. The molecular formula is C19H18ClN5O4. The van der Waals surface area contributed by atoms with Crippen LogP contribution < -0.4 is 19.9 Å². The summed E-state index contributed by atoms with van der Waals surface area (Å²) in [6, 6.07) is 8.95. The van der Waals surface area contributed by atoms with Crippen LogP contribution in [-0.4, -0.2) is 52.2 Å². The van der Waals surface area contributed by atoms with Crippen LogP contribution in [0, 0.1) is 0 Å². The maximum Gasteiger partial charge on any atom is 0.370 e. The summed E-state index contributed by atoms with van der Waals surface area (Å²) in [5.41, 5.74) is 1.91. The number of hydrogen-bond acceptors (Lipinski definition) is 7. The molecule has 0 saturated heterocycles. The quantitative estimate of drug-likeness (QED) is 0.645. The van der Waals surface area contributed by atoms with Crippen molar-refractivity contribution in [2.75, 3.05) is 27.5 Å². The smallest absolute Gasteiger partial charge is 0.370 e. The van der Waals surface area contributed by atoms with Crippen LogP contribution in [0.25, 0.3) is 5.69 Å². The molecule has 0 radical (unpaired) electrons. The molecule has 150 valence electrons. The number of nitrogens with zero attached hydrogens (tertiary/aromatic N) is 5. The lowest BCUT2D eigenvalue weighted by Crippen LogP contribution is -2.41. The Morgan fingerprint density at radius 3 is 2.86 bits per heavy atom. The Bertz CT molecular complexity index is 1160. The van der Waals surface area contributed by atoms with Gasteiger partial charge in [-0.15, -0.1) is 0 Å². The largest absolute Gasteiger partial charge is 0.492 e. The first-order valence-corrected chi connectivity index (χ1v) is 9.47. The van der Waals surface area contributed by atoms with Crippen molar-refractivity contribution in [2.24, 2.45) is 0 Å². The van der Waals surface area contributed by atoms with Crippen LogP contribution in [0.1, 0.15) is 17.3 Å². The van der Waals surface area contributed by atoms with Crippen molar-refractivity contribution >= 4 is 11.6 Å². The summed E-state index contributed by atoms with van der Waals surface area (Å²) in [5, 5.41) is 8.65. The molecule has 0 aliphatic carbocycles. The van der Waals surface area contributed by atoms with Gasteiger partial charge in [-0.2, -0.15) is 9.36 Å². The van der Waals surface area contributed by atoms with E-state index in [-0.39, 0.29) is 6.79 Å². The topological polar surface area (TPSA) is 83.6 Å². The molecule has 1 atom stereocenters. The molecule has 0 fully saturated rings. The maximum absolute atomic E-state index is 13.2. The first-order chi connectivity index (χ1) is 14.1. The Hall–Kier alpha value is -3.04. The van der Waals surface area contributed by atoms with E-state index in [1.54, 1.807) is 31.4 Å². The lowest BCUT2D eigenvalue weighted by atomic mass is 9.95. The van der Waals surface area contributed by atoms with E-state index in [0.717, 1.165) is 24.1 Å². The molecule has 0 unspecified atom stereocenters. The number of halogens is 1. The van der Waals surface area contributed by atoms with Crippen molar-refractivity contribution < 1.29 is 14.2 Å². The van der Waals surface area contributed by atoms with Crippen molar-refractivity contribution in [3.05, 3.63) is 57.0 Å². The number of aromatic nitrogens is 4. The van der Waals surface area contributed by atoms with E-state index in [1.165, 1.54) is 9.36 Å². The molecule has 2 aliphatic rings. The molecule has 3 aromatic rings. The number of methoxy groups -OCH3 is 1. The number of benzene rings is 2. The lowest BCUT2D eigenvalue weighted by Gasteiger charge is -2.34. The predicted octanol–water partition coefficient (Wildman–Crippen LogP) is 1.85. The molecule has 0 spiro atoms. The van der Waals surface area contributed by atoms with Gasteiger partial charge >= 0.3 is 5.69 Å². The average molecular weight is 416 g/mol. The maximum atomic E-state index is 13.2. The number of tetrazole rings is 1. The summed E-state index contributed by atoms with van der Waals surface area (Å²) in [7, 11) is 3.51. The molecule has 0 N–H and O–H groups in total. The Morgan fingerprint density at radius 2 is 2.07 bits per heavy atom. The third-order valence-corrected chi connectivity index (χ3v) is 5.59. The molecule has 1 aromatic heterocycles. The van der Waals surface area contributed by atoms with Crippen LogP contribution in [0.4, 0.5) is 0 Å². The van der Waals surface area contributed by atoms with Crippen LogP contribution in [0.5, 0.6) is 17.2 Å². The molecule has 2 aliphatic heterocycles. The van der Waals surface area contributed by atoms with Gasteiger partial charge in [0.25, 0.3) is 0 Å². The van der Waals surface area contributed by atoms with Gasteiger partial charge in [0.05, 0.1) is 17.8 Å².